The van der Waals surface area contributed by atoms with Crippen LogP contribution < -0.4 is 5.32 Å². The van der Waals surface area contributed by atoms with Crippen molar-refractivity contribution in [1.29, 1.82) is 0 Å². The van der Waals surface area contributed by atoms with E-state index >= 15 is 0 Å². The molecule has 0 unspecified atom stereocenters. The van der Waals surface area contributed by atoms with Crippen molar-refractivity contribution in [2.75, 3.05) is 5.32 Å². The first kappa shape index (κ1) is 16.1. The van der Waals surface area contributed by atoms with Gasteiger partial charge in [0, 0.05) is 11.0 Å². The Bertz CT molecular complexity index is 861. The monoisotopic (exact) mass is 340 g/mol. The standard InChI is InChI=1S/C18H16N2O3S/c1-12-10-13(23-20-12)11-24-17-9-5-2-6-14(17)18(22)19-15-7-3-4-8-16(15)21/h2-10,21H,11H2,1H3,(H,19,22). The van der Waals surface area contributed by atoms with E-state index in [4.69, 9.17) is 4.52 Å². The molecule has 0 saturated carbocycles. The van der Waals surface area contributed by atoms with E-state index in [1.807, 2.05) is 31.2 Å². The maximum atomic E-state index is 12.5. The number of para-hydroxylation sites is 2. The minimum absolute atomic E-state index is 0.0353. The second-order valence-electron chi connectivity index (χ2n) is 5.19. The van der Waals surface area contributed by atoms with Gasteiger partial charge in [-0.05, 0) is 31.2 Å². The fourth-order valence-corrected chi connectivity index (χ4v) is 3.11. The van der Waals surface area contributed by atoms with Gasteiger partial charge in [-0.2, -0.15) is 0 Å². The fourth-order valence-electron chi connectivity index (χ4n) is 2.18. The smallest absolute Gasteiger partial charge is 0.256 e. The number of aromatic nitrogens is 1. The zero-order valence-corrected chi connectivity index (χ0v) is 13.8. The fraction of sp³-hybridized carbons (Fsp3) is 0.111. The molecule has 3 aromatic rings. The van der Waals surface area contributed by atoms with Crippen molar-refractivity contribution in [3.05, 3.63) is 71.6 Å². The van der Waals surface area contributed by atoms with Gasteiger partial charge in [0.1, 0.15) is 11.5 Å². The van der Waals surface area contributed by atoms with Gasteiger partial charge in [-0.25, -0.2) is 0 Å². The van der Waals surface area contributed by atoms with E-state index in [0.29, 0.717) is 17.0 Å². The van der Waals surface area contributed by atoms with Crippen LogP contribution in [-0.2, 0) is 5.75 Å². The highest BCUT2D eigenvalue weighted by molar-refractivity contribution is 7.98. The van der Waals surface area contributed by atoms with Crippen LogP contribution in [0.5, 0.6) is 5.75 Å². The highest BCUT2D eigenvalue weighted by atomic mass is 32.2. The van der Waals surface area contributed by atoms with Gasteiger partial charge in [0.15, 0.2) is 0 Å². The number of aryl methyl sites for hydroxylation is 1. The molecule has 0 aliphatic heterocycles. The van der Waals surface area contributed by atoms with E-state index in [9.17, 15) is 9.90 Å². The van der Waals surface area contributed by atoms with Crippen molar-refractivity contribution in [3.63, 3.8) is 0 Å². The highest BCUT2D eigenvalue weighted by Gasteiger charge is 2.14. The average Bonchev–Trinajstić information content (AvgIpc) is 3.01. The Morgan fingerprint density at radius 3 is 2.71 bits per heavy atom. The van der Waals surface area contributed by atoms with E-state index in [-0.39, 0.29) is 11.7 Å². The Morgan fingerprint density at radius 1 is 1.21 bits per heavy atom. The Hall–Kier alpha value is -2.73. The zero-order chi connectivity index (χ0) is 16.9. The quantitative estimate of drug-likeness (QED) is 0.537. The molecule has 0 atom stereocenters. The number of phenols is 1. The molecule has 0 aliphatic rings. The van der Waals surface area contributed by atoms with Crippen LogP contribution in [0.4, 0.5) is 5.69 Å². The van der Waals surface area contributed by atoms with E-state index in [1.165, 1.54) is 17.8 Å². The number of hydrogen-bond acceptors (Lipinski definition) is 5. The van der Waals surface area contributed by atoms with E-state index in [2.05, 4.69) is 10.5 Å². The average molecular weight is 340 g/mol. The molecule has 0 bridgehead atoms. The summed E-state index contributed by atoms with van der Waals surface area (Å²) in [6.45, 7) is 1.87. The van der Waals surface area contributed by atoms with Crippen LogP contribution in [0.1, 0.15) is 21.8 Å². The Kier molecular flexibility index (Phi) is 4.86. The van der Waals surface area contributed by atoms with Crippen LogP contribution in [0.15, 0.2) is 64.0 Å². The lowest BCUT2D eigenvalue weighted by Crippen LogP contribution is -2.13. The van der Waals surface area contributed by atoms with Crippen LogP contribution in [-0.4, -0.2) is 16.2 Å². The number of hydrogen-bond donors (Lipinski definition) is 2. The summed E-state index contributed by atoms with van der Waals surface area (Å²) in [5.74, 6) is 1.11. The Morgan fingerprint density at radius 2 is 1.96 bits per heavy atom. The van der Waals surface area contributed by atoms with Gasteiger partial charge in [0.25, 0.3) is 5.91 Å². The number of rotatable bonds is 5. The number of amides is 1. The van der Waals surface area contributed by atoms with E-state index < -0.39 is 0 Å². The molecule has 0 spiro atoms. The minimum Gasteiger partial charge on any atom is -0.506 e. The van der Waals surface area contributed by atoms with Crippen molar-refractivity contribution in [2.45, 2.75) is 17.6 Å². The van der Waals surface area contributed by atoms with Crippen molar-refractivity contribution in [1.82, 2.24) is 5.16 Å². The molecule has 1 heterocycles. The van der Waals surface area contributed by atoms with Crippen LogP contribution in [0.3, 0.4) is 0 Å². The maximum Gasteiger partial charge on any atom is 0.256 e. The number of carbonyl (C=O) groups is 1. The van der Waals surface area contributed by atoms with Gasteiger partial charge in [0.2, 0.25) is 0 Å². The molecule has 2 N–H and O–H groups in total. The highest BCUT2D eigenvalue weighted by Crippen LogP contribution is 2.28. The van der Waals surface area contributed by atoms with Crippen molar-refractivity contribution in [2.24, 2.45) is 0 Å². The van der Waals surface area contributed by atoms with E-state index in [0.717, 1.165) is 16.3 Å². The lowest BCUT2D eigenvalue weighted by atomic mass is 10.2. The van der Waals surface area contributed by atoms with Gasteiger partial charge >= 0.3 is 0 Å². The number of carbonyl (C=O) groups excluding carboxylic acids is 1. The molecule has 0 aliphatic carbocycles. The van der Waals surface area contributed by atoms with Crippen molar-refractivity contribution >= 4 is 23.4 Å². The molecule has 3 rings (SSSR count). The van der Waals surface area contributed by atoms with E-state index in [1.54, 1.807) is 24.3 Å². The molecular weight excluding hydrogens is 324 g/mol. The summed E-state index contributed by atoms with van der Waals surface area (Å²) < 4.78 is 5.19. The first-order chi connectivity index (χ1) is 11.6. The summed E-state index contributed by atoms with van der Waals surface area (Å²) >= 11 is 1.50. The molecule has 1 amide bonds. The van der Waals surface area contributed by atoms with Crippen LogP contribution in [0.25, 0.3) is 0 Å². The molecule has 0 radical (unpaired) electrons. The second-order valence-corrected chi connectivity index (χ2v) is 6.21. The summed E-state index contributed by atoms with van der Waals surface area (Å²) in [5, 5.41) is 16.4. The summed E-state index contributed by atoms with van der Waals surface area (Å²) in [5.41, 5.74) is 1.76. The lowest BCUT2D eigenvalue weighted by molar-refractivity contribution is 0.102. The van der Waals surface area contributed by atoms with Gasteiger partial charge in [0.05, 0.1) is 22.7 Å². The van der Waals surface area contributed by atoms with Gasteiger partial charge in [-0.1, -0.05) is 29.4 Å². The number of benzene rings is 2. The third-order valence-corrected chi connectivity index (χ3v) is 4.43. The number of thioether (sulfide) groups is 1. The second kappa shape index (κ2) is 7.23. The van der Waals surface area contributed by atoms with Crippen LogP contribution in [0.2, 0.25) is 0 Å². The molecule has 5 nitrogen and oxygen atoms in total. The molecular formula is C18H16N2O3S. The predicted molar refractivity (Wildman–Crippen MR) is 93.3 cm³/mol. The predicted octanol–water partition coefficient (Wildman–Crippen LogP) is 4.23. The molecule has 24 heavy (non-hydrogen) atoms. The zero-order valence-electron chi connectivity index (χ0n) is 13.0. The van der Waals surface area contributed by atoms with Gasteiger partial charge < -0.3 is 14.9 Å². The summed E-state index contributed by atoms with van der Waals surface area (Å²) in [7, 11) is 0. The normalized spacial score (nSPS) is 10.5. The topological polar surface area (TPSA) is 75.4 Å². The van der Waals surface area contributed by atoms with Gasteiger partial charge in [-0.3, -0.25) is 4.79 Å². The Balaban J connectivity index is 1.75. The number of anilines is 1. The number of aromatic hydroxyl groups is 1. The number of phenolic OH excluding ortho intramolecular Hbond substituents is 1. The lowest BCUT2D eigenvalue weighted by Gasteiger charge is -2.10. The largest absolute Gasteiger partial charge is 0.506 e. The number of nitrogens with one attached hydrogen (secondary N) is 1. The Labute approximate surface area is 143 Å². The van der Waals surface area contributed by atoms with Crippen LogP contribution in [0, 0.1) is 6.92 Å². The molecule has 6 heteroatoms. The van der Waals surface area contributed by atoms with Crippen LogP contribution >= 0.6 is 11.8 Å². The maximum absolute atomic E-state index is 12.5. The molecule has 0 saturated heterocycles. The first-order valence-corrected chi connectivity index (χ1v) is 8.35. The molecule has 122 valence electrons. The van der Waals surface area contributed by atoms with Crippen molar-refractivity contribution in [3.8, 4) is 5.75 Å². The third kappa shape index (κ3) is 3.78. The van der Waals surface area contributed by atoms with Gasteiger partial charge in [-0.15, -0.1) is 11.8 Å². The number of nitrogens with zero attached hydrogens (tertiary/aromatic N) is 1. The summed E-state index contributed by atoms with van der Waals surface area (Å²) in [6.07, 6.45) is 0. The molecule has 2 aromatic carbocycles. The van der Waals surface area contributed by atoms with Crippen molar-refractivity contribution < 1.29 is 14.4 Å². The minimum atomic E-state index is -0.270. The summed E-state index contributed by atoms with van der Waals surface area (Å²) in [4.78, 5) is 13.4. The molecule has 1 aromatic heterocycles. The SMILES string of the molecule is Cc1cc(CSc2ccccc2C(=O)Nc2ccccc2O)on1. The summed E-state index contributed by atoms with van der Waals surface area (Å²) in [6, 6.07) is 15.8. The first-order valence-electron chi connectivity index (χ1n) is 7.37. The third-order valence-electron chi connectivity index (χ3n) is 3.33. The molecule has 0 fully saturated rings.